The normalized spacial score (nSPS) is 19.6. The Morgan fingerprint density at radius 3 is 2.35 bits per heavy atom. The number of piperazine rings is 1. The van der Waals surface area contributed by atoms with Crippen molar-refractivity contribution in [1.82, 2.24) is 30.0 Å². The van der Waals surface area contributed by atoms with Gasteiger partial charge in [0.2, 0.25) is 11.8 Å². The third kappa shape index (κ3) is 10.4. The van der Waals surface area contributed by atoms with Crippen LogP contribution in [0.25, 0.3) is 32.2 Å². The van der Waals surface area contributed by atoms with Crippen LogP contribution >= 0.6 is 11.3 Å². The fraction of sp³-hybridized carbons (Fsp3) is 0.417. The maximum atomic E-state index is 16.0. The Labute approximate surface area is 450 Å². The van der Waals surface area contributed by atoms with E-state index in [0.717, 1.165) is 73.0 Å². The number of alkyl halides is 2. The first-order valence-corrected chi connectivity index (χ1v) is 27.8. The molecule has 0 radical (unpaired) electrons. The zero-order chi connectivity index (χ0) is 53.9. The second-order valence-electron chi connectivity index (χ2n) is 22.6. The molecule has 0 bridgehead atoms. The molecule has 4 aromatic carbocycles. The lowest BCUT2D eigenvalue weighted by atomic mass is 9.74. The number of carbonyl (C=O) groups is 4. The first kappa shape index (κ1) is 52.0. The quantitative estimate of drug-likeness (QED) is 0.0997. The van der Waals surface area contributed by atoms with Gasteiger partial charge in [0.1, 0.15) is 5.82 Å². The van der Waals surface area contributed by atoms with E-state index >= 15 is 8.78 Å². The number of carboxylic acid groups (broad SMARTS) is 1. The van der Waals surface area contributed by atoms with Crippen molar-refractivity contribution in [2.24, 2.45) is 13.0 Å². The number of imide groups is 1. The van der Waals surface area contributed by atoms with Gasteiger partial charge in [-0.1, -0.05) is 86.7 Å². The van der Waals surface area contributed by atoms with E-state index in [-0.39, 0.29) is 54.6 Å². The van der Waals surface area contributed by atoms with Gasteiger partial charge >= 0.3 is 5.97 Å². The lowest BCUT2D eigenvalue weighted by molar-refractivity contribution is -0.134. The summed E-state index contributed by atoms with van der Waals surface area (Å²) in [6.45, 7) is 11.1. The van der Waals surface area contributed by atoms with Crippen LogP contribution in [-0.4, -0.2) is 98.6 Å². The Morgan fingerprint density at radius 2 is 1.61 bits per heavy atom. The molecule has 0 spiro atoms. The lowest BCUT2D eigenvalue weighted by Gasteiger charge is -2.38. The maximum Gasteiger partial charge on any atom is 0.355 e. The second kappa shape index (κ2) is 20.7. The van der Waals surface area contributed by atoms with Crippen molar-refractivity contribution >= 4 is 72.8 Å². The van der Waals surface area contributed by atoms with Crippen LogP contribution in [0.4, 0.5) is 25.4 Å². The van der Waals surface area contributed by atoms with Crippen molar-refractivity contribution in [1.29, 1.82) is 0 Å². The van der Waals surface area contributed by atoms with Crippen LogP contribution < -0.4 is 20.4 Å². The van der Waals surface area contributed by atoms with Gasteiger partial charge in [0.25, 0.3) is 11.8 Å². The number of pyridine rings is 1. The summed E-state index contributed by atoms with van der Waals surface area (Å²) < 4.78 is 34.9. The molecular formula is C60H65F2N9O5S. The van der Waals surface area contributed by atoms with Crippen molar-refractivity contribution in [2.45, 2.75) is 109 Å². The number of anilines is 3. The number of carboxylic acids is 1. The minimum atomic E-state index is -2.85. The number of benzene rings is 4. The summed E-state index contributed by atoms with van der Waals surface area (Å²) in [6, 6.07) is 27.5. The number of piperidine rings is 1. The number of rotatable bonds is 12. The lowest BCUT2D eigenvalue weighted by Crippen LogP contribution is -2.50. The van der Waals surface area contributed by atoms with Crippen LogP contribution in [-0.2, 0) is 35.0 Å². The van der Waals surface area contributed by atoms with Crippen LogP contribution in [0.3, 0.4) is 0 Å². The number of hydrogen-bond donors (Lipinski definition) is 3. The monoisotopic (exact) mass is 1060 g/mol. The fourth-order valence-corrected chi connectivity index (χ4v) is 13.5. The average Bonchev–Trinajstić information content (AvgIpc) is 4.00. The van der Waals surface area contributed by atoms with Crippen LogP contribution in [0.2, 0.25) is 0 Å². The van der Waals surface area contributed by atoms with Gasteiger partial charge in [-0.2, -0.15) is 5.10 Å². The van der Waals surface area contributed by atoms with Crippen LogP contribution in [0.15, 0.2) is 84.9 Å². The summed E-state index contributed by atoms with van der Waals surface area (Å²) in [5.41, 5.74) is 9.62. The molecule has 3 N–H and O–H groups in total. The number of fused-ring (bicyclic) bond motifs is 3. The number of aromatic nitrogens is 4. The van der Waals surface area contributed by atoms with Crippen molar-refractivity contribution in [3.8, 4) is 11.1 Å². The molecule has 400 valence electrons. The SMILES string of the molecule is Cc1c(-c2c(C(C)(C)C)cc(N3CCc4cccc(C(=O)Nc5nc6ccccc6s5)c4C3)nc2C(=O)O)cccc1C1CCC(CC(F)(F)CN2CCN(c3cccc4c(C5CCC(=O)NC5=O)nn(C)c34)CC2)CC1. The number of aryl methyl sites for hydroxylation is 1. The number of carbonyl (C=O) groups excluding carboxylic acids is 3. The maximum absolute atomic E-state index is 16.0. The standard InChI is InChI=1S/C60H65F2N9O5S/c1-35-39(38-21-19-36(20-22-38)32-60(61,62)34-69-27-29-70(30-28-69)47-17-10-15-42-52(67-68(5)54(42)47)43-23-24-50(72)65-56(43)74)12-9-13-40(35)51-45(59(2,3)4)31-49(64-53(51)57(75)76)71-26-25-37-11-8-14-41(44(37)33-71)55(73)66-58-63-46-16-6-7-18-48(46)77-58/h6-18,31,36,38,43H,19-30,32-34H2,1-5H3,(H,75,76)(H,63,66,73)(H,65,72,74). The zero-order valence-electron chi connectivity index (χ0n) is 44.3. The molecule has 3 aliphatic heterocycles. The van der Waals surface area contributed by atoms with E-state index in [1.165, 1.54) is 11.3 Å². The minimum Gasteiger partial charge on any atom is -0.476 e. The molecule has 4 aliphatic rings. The zero-order valence-corrected chi connectivity index (χ0v) is 45.1. The first-order chi connectivity index (χ1) is 36.9. The Balaban J connectivity index is 0.749. The number of halogens is 2. The average molecular weight is 1060 g/mol. The molecule has 2 saturated heterocycles. The molecule has 1 aliphatic carbocycles. The van der Waals surface area contributed by atoms with Crippen molar-refractivity contribution < 1.29 is 33.1 Å². The molecule has 14 nitrogen and oxygen atoms in total. The van der Waals surface area contributed by atoms with E-state index in [1.807, 2.05) is 90.8 Å². The highest BCUT2D eigenvalue weighted by Gasteiger charge is 2.39. The summed E-state index contributed by atoms with van der Waals surface area (Å²) in [4.78, 5) is 67.6. The third-order valence-corrected chi connectivity index (χ3v) is 17.5. The van der Waals surface area contributed by atoms with Gasteiger partial charge < -0.3 is 14.9 Å². The molecule has 3 aromatic heterocycles. The minimum absolute atomic E-state index is 0.0286. The Bertz CT molecular complexity index is 3430. The summed E-state index contributed by atoms with van der Waals surface area (Å²) in [5.74, 6) is -4.77. The number of para-hydroxylation sites is 2. The Morgan fingerprint density at radius 1 is 0.857 bits per heavy atom. The van der Waals surface area contributed by atoms with Gasteiger partial charge in [-0.3, -0.25) is 34.6 Å². The highest BCUT2D eigenvalue weighted by Crippen LogP contribution is 2.46. The molecule has 1 unspecified atom stereocenters. The van der Waals surface area contributed by atoms with Gasteiger partial charge in [-0.25, -0.2) is 23.5 Å². The van der Waals surface area contributed by atoms with Gasteiger partial charge in [-0.05, 0) is 126 Å². The molecule has 1 atom stereocenters. The number of nitrogens with zero attached hydrogens (tertiary/aromatic N) is 7. The molecule has 3 amide bonds. The molecule has 3 fully saturated rings. The number of thiazole rings is 1. The van der Waals surface area contributed by atoms with Gasteiger partial charge in [-0.15, -0.1) is 0 Å². The molecule has 77 heavy (non-hydrogen) atoms. The van der Waals surface area contributed by atoms with Crippen molar-refractivity contribution in [2.75, 3.05) is 54.4 Å². The number of amides is 3. The Kier molecular flexibility index (Phi) is 14.0. The van der Waals surface area contributed by atoms with Crippen molar-refractivity contribution in [3.63, 3.8) is 0 Å². The van der Waals surface area contributed by atoms with Crippen LogP contribution in [0.1, 0.15) is 132 Å². The van der Waals surface area contributed by atoms with E-state index in [0.29, 0.717) is 92.7 Å². The largest absolute Gasteiger partial charge is 0.476 e. The molecular weight excluding hydrogens is 997 g/mol. The molecule has 11 rings (SSSR count). The molecule has 17 heteroatoms. The van der Waals surface area contributed by atoms with Gasteiger partial charge in [0.05, 0.1) is 39.6 Å². The number of nitrogens with one attached hydrogen (secondary N) is 2. The fourth-order valence-electron chi connectivity index (χ4n) is 12.6. The topological polar surface area (TPSA) is 166 Å². The smallest absolute Gasteiger partial charge is 0.355 e. The molecule has 7 aromatic rings. The Hall–Kier alpha value is -7.11. The highest BCUT2D eigenvalue weighted by molar-refractivity contribution is 7.22. The van der Waals surface area contributed by atoms with E-state index < -0.39 is 23.2 Å². The van der Waals surface area contributed by atoms with Gasteiger partial charge in [0, 0.05) is 75.7 Å². The van der Waals surface area contributed by atoms with Crippen molar-refractivity contribution in [3.05, 3.63) is 130 Å². The third-order valence-electron chi connectivity index (χ3n) is 16.5. The summed E-state index contributed by atoms with van der Waals surface area (Å²) in [7, 11) is 1.85. The first-order valence-electron chi connectivity index (χ1n) is 26.9. The van der Waals surface area contributed by atoms with E-state index in [2.05, 4.69) is 59.2 Å². The predicted molar refractivity (Wildman–Crippen MR) is 298 cm³/mol. The highest BCUT2D eigenvalue weighted by atomic mass is 32.1. The van der Waals surface area contributed by atoms with E-state index in [1.54, 1.807) is 4.68 Å². The summed E-state index contributed by atoms with van der Waals surface area (Å²) in [6.07, 6.45) is 4.06. The van der Waals surface area contributed by atoms with Gasteiger partial charge in [0.15, 0.2) is 10.8 Å². The molecule has 6 heterocycles. The van der Waals surface area contributed by atoms with E-state index in [4.69, 9.17) is 10.1 Å². The molecule has 1 saturated carbocycles. The predicted octanol–water partition coefficient (Wildman–Crippen LogP) is 11.0. The summed E-state index contributed by atoms with van der Waals surface area (Å²) >= 11 is 1.42. The second-order valence-corrected chi connectivity index (χ2v) is 23.6. The summed E-state index contributed by atoms with van der Waals surface area (Å²) in [5, 5.41) is 22.6. The van der Waals surface area contributed by atoms with Crippen LogP contribution in [0.5, 0.6) is 0 Å². The number of hydrogen-bond acceptors (Lipinski definition) is 11. The van der Waals surface area contributed by atoms with E-state index in [9.17, 15) is 24.3 Å². The van der Waals surface area contributed by atoms with Crippen LogP contribution in [0, 0.1) is 12.8 Å². The number of aromatic carboxylic acids is 1.